The fourth-order valence-electron chi connectivity index (χ4n) is 3.05. The Balaban J connectivity index is 2.51. The van der Waals surface area contributed by atoms with E-state index in [0.29, 0.717) is 4.90 Å². The number of sulfonamides is 1. The first-order chi connectivity index (χ1) is 9.21. The van der Waals surface area contributed by atoms with Crippen molar-refractivity contribution in [3.8, 4) is 12.3 Å². The Labute approximate surface area is 122 Å². The molecule has 0 aliphatic carbocycles. The summed E-state index contributed by atoms with van der Waals surface area (Å²) in [5.74, 6) is 2.81. The van der Waals surface area contributed by atoms with Crippen molar-refractivity contribution < 1.29 is 8.42 Å². The summed E-state index contributed by atoms with van der Waals surface area (Å²) >= 11 is 0. The summed E-state index contributed by atoms with van der Waals surface area (Å²) in [5.41, 5.74) is 2.64. The molecule has 2 rings (SSSR count). The van der Waals surface area contributed by atoms with Crippen LogP contribution in [-0.2, 0) is 10.0 Å². The highest BCUT2D eigenvalue weighted by molar-refractivity contribution is 7.89. The molecule has 1 heterocycles. The van der Waals surface area contributed by atoms with Crippen molar-refractivity contribution in [3.63, 3.8) is 0 Å². The third-order valence-electron chi connectivity index (χ3n) is 3.80. The molecule has 1 saturated heterocycles. The summed E-state index contributed by atoms with van der Waals surface area (Å²) < 4.78 is 27.2. The number of aryl methyl sites for hydroxylation is 3. The molecule has 0 spiro atoms. The second kappa shape index (κ2) is 4.91. The molecule has 0 bridgehead atoms. The van der Waals surface area contributed by atoms with Crippen molar-refractivity contribution in [1.82, 2.24) is 4.31 Å². The molecule has 1 aromatic carbocycles. The van der Waals surface area contributed by atoms with Crippen LogP contribution in [0.4, 0.5) is 0 Å². The number of hydrogen-bond donors (Lipinski definition) is 0. The fourth-order valence-corrected chi connectivity index (χ4v) is 5.30. The van der Waals surface area contributed by atoms with Gasteiger partial charge >= 0.3 is 0 Å². The molecule has 0 N–H and O–H groups in total. The van der Waals surface area contributed by atoms with Gasteiger partial charge in [0.2, 0.25) is 10.0 Å². The van der Waals surface area contributed by atoms with Crippen LogP contribution in [0.25, 0.3) is 0 Å². The van der Waals surface area contributed by atoms with Gasteiger partial charge < -0.3 is 0 Å². The molecule has 4 heteroatoms. The van der Waals surface area contributed by atoms with Crippen LogP contribution in [0.3, 0.4) is 0 Å². The van der Waals surface area contributed by atoms with Crippen LogP contribution in [-0.4, -0.2) is 24.8 Å². The largest absolute Gasteiger partial charge is 0.245 e. The highest BCUT2D eigenvalue weighted by atomic mass is 32.2. The van der Waals surface area contributed by atoms with Crippen molar-refractivity contribution >= 4 is 10.0 Å². The normalized spacial score (nSPS) is 25.6. The van der Waals surface area contributed by atoms with Gasteiger partial charge in [0, 0.05) is 0 Å². The maximum absolute atomic E-state index is 12.9. The van der Waals surface area contributed by atoms with Crippen LogP contribution in [0.5, 0.6) is 0 Å². The van der Waals surface area contributed by atoms with Gasteiger partial charge in [-0.25, -0.2) is 8.42 Å². The maximum atomic E-state index is 12.9. The van der Waals surface area contributed by atoms with Crippen molar-refractivity contribution in [1.29, 1.82) is 0 Å². The Morgan fingerprint density at radius 1 is 1.20 bits per heavy atom. The fraction of sp³-hybridized carbons (Fsp3) is 0.500. The first-order valence-corrected chi connectivity index (χ1v) is 8.23. The lowest BCUT2D eigenvalue weighted by molar-refractivity contribution is 0.517. The molecule has 0 amide bonds. The van der Waals surface area contributed by atoms with E-state index in [4.69, 9.17) is 6.42 Å². The summed E-state index contributed by atoms with van der Waals surface area (Å²) in [6.45, 7) is 9.64. The lowest BCUT2D eigenvalue weighted by atomic mass is 10.1. The standard InChI is InChI=1S/C16H21NO2S/c1-7-14-15(10(2)3)17(14)20(18,19)16-12(5)8-11(4)9-13(16)6/h1,8-10,14-15H,2-6H3/t14?,15-,17?/m0/s1. The molecule has 1 aliphatic rings. The van der Waals surface area contributed by atoms with Crippen LogP contribution in [0.15, 0.2) is 17.0 Å². The van der Waals surface area contributed by atoms with Gasteiger partial charge in [-0.3, -0.25) is 0 Å². The average Bonchev–Trinajstić information content (AvgIpc) is 3.01. The summed E-state index contributed by atoms with van der Waals surface area (Å²) in [5, 5.41) is 0. The molecule has 3 atom stereocenters. The van der Waals surface area contributed by atoms with Gasteiger partial charge in [-0.1, -0.05) is 37.5 Å². The number of terminal acetylenes is 1. The third kappa shape index (κ3) is 2.25. The minimum Gasteiger partial charge on any atom is -0.207 e. The van der Waals surface area contributed by atoms with Gasteiger partial charge in [0.25, 0.3) is 0 Å². The van der Waals surface area contributed by atoms with E-state index in [0.717, 1.165) is 16.7 Å². The third-order valence-corrected chi connectivity index (χ3v) is 5.98. The highest BCUT2D eigenvalue weighted by Gasteiger charge is 2.56. The second-order valence-electron chi connectivity index (χ2n) is 5.91. The first kappa shape index (κ1) is 15.1. The minimum atomic E-state index is -3.51. The predicted octanol–water partition coefficient (Wildman–Crippen LogP) is 2.64. The molecular weight excluding hydrogens is 270 g/mol. The van der Waals surface area contributed by atoms with E-state index in [9.17, 15) is 8.42 Å². The lowest BCUT2D eigenvalue weighted by Gasteiger charge is -2.14. The zero-order chi connectivity index (χ0) is 15.2. The van der Waals surface area contributed by atoms with Crippen LogP contribution in [0, 0.1) is 39.0 Å². The van der Waals surface area contributed by atoms with Crippen LogP contribution in [0.1, 0.15) is 30.5 Å². The van der Waals surface area contributed by atoms with E-state index in [1.165, 1.54) is 4.31 Å². The summed E-state index contributed by atoms with van der Waals surface area (Å²) in [4.78, 5) is 0.409. The van der Waals surface area contributed by atoms with Gasteiger partial charge in [-0.15, -0.1) is 6.42 Å². The lowest BCUT2D eigenvalue weighted by Crippen LogP contribution is -2.19. The molecule has 108 valence electrons. The van der Waals surface area contributed by atoms with Gasteiger partial charge in [0.1, 0.15) is 6.04 Å². The van der Waals surface area contributed by atoms with Crippen LogP contribution >= 0.6 is 0 Å². The van der Waals surface area contributed by atoms with E-state index in [1.54, 1.807) is 0 Å². The predicted molar refractivity (Wildman–Crippen MR) is 80.9 cm³/mol. The Hall–Kier alpha value is -1.31. The Kier molecular flexibility index (Phi) is 3.70. The SMILES string of the molecule is C#CC1[C@H](C(C)C)N1S(=O)(=O)c1c(C)cc(C)cc1C. The molecule has 0 aromatic heterocycles. The van der Waals surface area contributed by atoms with Crippen molar-refractivity contribution in [3.05, 3.63) is 28.8 Å². The number of benzene rings is 1. The van der Waals surface area contributed by atoms with Crippen molar-refractivity contribution in [2.45, 2.75) is 51.6 Å². The van der Waals surface area contributed by atoms with Crippen LogP contribution < -0.4 is 0 Å². The maximum Gasteiger partial charge on any atom is 0.245 e. The minimum absolute atomic E-state index is 0.0786. The molecule has 2 unspecified atom stereocenters. The van der Waals surface area contributed by atoms with Gasteiger partial charge in [0.05, 0.1) is 10.9 Å². The van der Waals surface area contributed by atoms with Crippen LogP contribution in [0.2, 0.25) is 0 Å². The number of rotatable bonds is 3. The molecule has 0 saturated carbocycles. The second-order valence-corrected chi connectivity index (χ2v) is 7.69. The highest BCUT2D eigenvalue weighted by Crippen LogP contribution is 2.41. The number of hydrogen-bond acceptors (Lipinski definition) is 2. The first-order valence-electron chi connectivity index (χ1n) is 6.79. The Morgan fingerprint density at radius 2 is 1.70 bits per heavy atom. The molecule has 1 aromatic rings. The van der Waals surface area contributed by atoms with E-state index in [-0.39, 0.29) is 18.0 Å². The Bertz CT molecular complexity index is 660. The smallest absolute Gasteiger partial charge is 0.207 e. The van der Waals surface area contributed by atoms with Crippen molar-refractivity contribution in [2.24, 2.45) is 5.92 Å². The molecule has 20 heavy (non-hydrogen) atoms. The monoisotopic (exact) mass is 291 g/mol. The number of nitrogens with zero attached hydrogens (tertiary/aromatic N) is 1. The molecule has 1 fully saturated rings. The van der Waals surface area contributed by atoms with E-state index in [1.807, 2.05) is 46.8 Å². The summed E-state index contributed by atoms with van der Waals surface area (Å²) in [6, 6.07) is 3.42. The zero-order valence-electron chi connectivity index (χ0n) is 12.6. The average molecular weight is 291 g/mol. The quantitative estimate of drug-likeness (QED) is 0.634. The molecule has 1 aliphatic heterocycles. The molecular formula is C16H21NO2S. The van der Waals surface area contributed by atoms with Gasteiger partial charge in [-0.2, -0.15) is 4.31 Å². The molecule has 0 radical (unpaired) electrons. The summed E-state index contributed by atoms with van der Waals surface area (Å²) in [7, 11) is -3.51. The van der Waals surface area contributed by atoms with E-state index < -0.39 is 10.0 Å². The molecule has 3 nitrogen and oxygen atoms in total. The Morgan fingerprint density at radius 3 is 2.05 bits per heavy atom. The zero-order valence-corrected chi connectivity index (χ0v) is 13.5. The topological polar surface area (TPSA) is 37.1 Å². The van der Waals surface area contributed by atoms with Crippen molar-refractivity contribution in [2.75, 3.05) is 0 Å². The van der Waals surface area contributed by atoms with Gasteiger partial charge in [0.15, 0.2) is 0 Å². The van der Waals surface area contributed by atoms with E-state index in [2.05, 4.69) is 5.92 Å². The van der Waals surface area contributed by atoms with Gasteiger partial charge in [-0.05, 0) is 37.8 Å². The van der Waals surface area contributed by atoms with E-state index >= 15 is 0 Å². The summed E-state index contributed by atoms with van der Waals surface area (Å²) in [6.07, 6.45) is 5.47.